The number of imidazole rings is 1. The summed E-state index contributed by atoms with van der Waals surface area (Å²) in [4.78, 5) is 16.2. The van der Waals surface area contributed by atoms with Crippen LogP contribution in [0, 0.1) is 17.8 Å². The van der Waals surface area contributed by atoms with E-state index in [2.05, 4.69) is 68.5 Å². The number of hydrogen-bond acceptors (Lipinski definition) is 4. The molecule has 2 heterocycles. The van der Waals surface area contributed by atoms with Crippen molar-refractivity contribution in [2.75, 3.05) is 19.6 Å². The largest absolute Gasteiger partial charge is 0.658 e. The first-order chi connectivity index (χ1) is 20.1. The van der Waals surface area contributed by atoms with Gasteiger partial charge in [-0.2, -0.15) is 0 Å². The molecule has 3 aromatic carbocycles. The van der Waals surface area contributed by atoms with Crippen LogP contribution in [0.3, 0.4) is 0 Å². The smallest absolute Gasteiger partial charge is 0.573 e. The van der Waals surface area contributed by atoms with Crippen molar-refractivity contribution in [1.29, 1.82) is 0 Å². The fourth-order valence-electron chi connectivity index (χ4n) is 5.54. The Bertz CT molecular complexity index is 1460. The Morgan fingerprint density at radius 2 is 1.67 bits per heavy atom. The molecular formula is C32H32F3N4O3-. The molecule has 6 rings (SSSR count). The summed E-state index contributed by atoms with van der Waals surface area (Å²) in [5.41, 5.74) is 4.62. The highest BCUT2D eigenvalue weighted by atomic mass is 19.4. The lowest BCUT2D eigenvalue weighted by molar-refractivity contribution is -0.274. The second kappa shape index (κ2) is 12.8. The van der Waals surface area contributed by atoms with Gasteiger partial charge in [0, 0.05) is 32.9 Å². The highest BCUT2D eigenvalue weighted by molar-refractivity contribution is 5.84. The van der Waals surface area contributed by atoms with Crippen molar-refractivity contribution in [3.63, 3.8) is 0 Å². The number of fused-ring (bicyclic) bond motifs is 1. The average Bonchev–Trinajstić information content (AvgIpc) is 3.26. The van der Waals surface area contributed by atoms with E-state index in [9.17, 15) is 18.0 Å². The van der Waals surface area contributed by atoms with E-state index >= 15 is 0 Å². The Morgan fingerprint density at radius 1 is 0.976 bits per heavy atom. The van der Waals surface area contributed by atoms with Crippen molar-refractivity contribution < 1.29 is 27.8 Å². The summed E-state index contributed by atoms with van der Waals surface area (Å²) < 4.78 is 42.7. The van der Waals surface area contributed by atoms with Crippen molar-refractivity contribution in [2.24, 2.45) is 24.8 Å². The van der Waals surface area contributed by atoms with Crippen LogP contribution in [0.25, 0.3) is 16.4 Å². The van der Waals surface area contributed by atoms with Crippen LogP contribution in [0.4, 0.5) is 13.2 Å². The molecule has 0 spiro atoms. The van der Waals surface area contributed by atoms with E-state index in [4.69, 9.17) is 5.11 Å². The number of carbonyl (C=O) groups is 1. The van der Waals surface area contributed by atoms with E-state index < -0.39 is 12.3 Å². The van der Waals surface area contributed by atoms with Crippen molar-refractivity contribution in [1.82, 2.24) is 14.5 Å². The van der Waals surface area contributed by atoms with E-state index in [-0.39, 0.29) is 11.4 Å². The molecule has 2 unspecified atom stereocenters. The monoisotopic (exact) mass is 577 g/mol. The van der Waals surface area contributed by atoms with Gasteiger partial charge >= 0.3 is 12.3 Å². The third kappa shape index (κ3) is 7.98. The predicted molar refractivity (Wildman–Crippen MR) is 153 cm³/mol. The van der Waals surface area contributed by atoms with Crippen molar-refractivity contribution in [3.8, 4) is 16.9 Å². The minimum atomic E-state index is -4.67. The van der Waals surface area contributed by atoms with Crippen LogP contribution in [0.5, 0.6) is 5.75 Å². The zero-order valence-corrected chi connectivity index (χ0v) is 23.1. The SMILES string of the molecule is Cn1cnc(C(=O)O)c1.FC(F)(F)Oc1cccc(C[N-]CC2C3CN(Cc4ccc(-c5ccccc5)cc4)CC23)c1. The Balaban J connectivity index is 0.000000336. The number of hydrogen-bond donors (Lipinski definition) is 1. The van der Waals surface area contributed by atoms with Gasteiger partial charge in [0.1, 0.15) is 5.75 Å². The van der Waals surface area contributed by atoms with Crippen LogP contribution in [-0.4, -0.2) is 51.5 Å². The number of carboxylic acid groups (broad SMARTS) is 1. The molecule has 1 aliphatic heterocycles. The fraction of sp³-hybridized carbons (Fsp3) is 0.312. The molecule has 0 radical (unpaired) electrons. The summed E-state index contributed by atoms with van der Waals surface area (Å²) in [5.74, 6) is 0.812. The van der Waals surface area contributed by atoms with Gasteiger partial charge in [-0.1, -0.05) is 78.2 Å². The molecule has 2 atom stereocenters. The van der Waals surface area contributed by atoms with Crippen LogP contribution < -0.4 is 4.74 Å². The number of ether oxygens (including phenoxy) is 1. The van der Waals surface area contributed by atoms with Crippen molar-refractivity contribution in [2.45, 2.75) is 19.5 Å². The summed E-state index contributed by atoms with van der Waals surface area (Å²) in [6, 6.07) is 25.3. The topological polar surface area (TPSA) is 81.7 Å². The van der Waals surface area contributed by atoms with Crippen molar-refractivity contribution in [3.05, 3.63) is 114 Å². The number of benzene rings is 3. The fourth-order valence-corrected chi connectivity index (χ4v) is 5.54. The first-order valence-corrected chi connectivity index (χ1v) is 13.7. The number of aromatic nitrogens is 2. The van der Waals surface area contributed by atoms with Crippen LogP contribution in [0.15, 0.2) is 91.4 Å². The summed E-state index contributed by atoms with van der Waals surface area (Å²) in [5, 5.41) is 12.9. The predicted octanol–water partition coefficient (Wildman–Crippen LogP) is 6.62. The number of aromatic carboxylic acids is 1. The summed E-state index contributed by atoms with van der Waals surface area (Å²) >= 11 is 0. The lowest BCUT2D eigenvalue weighted by Gasteiger charge is -2.24. The third-order valence-electron chi connectivity index (χ3n) is 7.60. The molecule has 1 aromatic heterocycles. The minimum Gasteiger partial charge on any atom is -0.658 e. The van der Waals surface area contributed by atoms with Gasteiger partial charge in [-0.3, -0.25) is 4.90 Å². The van der Waals surface area contributed by atoms with Crippen LogP contribution in [0.1, 0.15) is 21.6 Å². The Morgan fingerprint density at radius 3 is 2.26 bits per heavy atom. The molecular weight excluding hydrogens is 545 g/mol. The molecule has 2 fully saturated rings. The molecule has 220 valence electrons. The maximum absolute atomic E-state index is 12.4. The molecule has 1 N–H and O–H groups in total. The van der Waals surface area contributed by atoms with E-state index in [1.807, 2.05) is 6.07 Å². The second-order valence-corrected chi connectivity index (χ2v) is 10.7. The van der Waals surface area contributed by atoms with E-state index in [1.165, 1.54) is 41.3 Å². The number of alkyl halides is 3. The van der Waals surface area contributed by atoms with Gasteiger partial charge in [0.25, 0.3) is 0 Å². The van der Waals surface area contributed by atoms with E-state index in [1.54, 1.807) is 23.7 Å². The molecule has 0 amide bonds. The van der Waals surface area contributed by atoms with E-state index in [0.29, 0.717) is 24.3 Å². The molecule has 10 heteroatoms. The summed E-state index contributed by atoms with van der Waals surface area (Å²) in [6.07, 6.45) is -1.77. The van der Waals surface area contributed by atoms with Crippen molar-refractivity contribution >= 4 is 5.97 Å². The van der Waals surface area contributed by atoms with Gasteiger partial charge in [-0.05, 0) is 40.7 Å². The molecule has 4 aromatic rings. The average molecular weight is 578 g/mol. The Kier molecular flexibility index (Phi) is 8.94. The highest BCUT2D eigenvalue weighted by Gasteiger charge is 2.52. The molecule has 1 saturated carbocycles. The number of halogens is 3. The van der Waals surface area contributed by atoms with E-state index in [0.717, 1.165) is 31.7 Å². The number of aryl methyl sites for hydroxylation is 1. The normalized spacial score (nSPS) is 19.5. The van der Waals surface area contributed by atoms with Gasteiger partial charge in [0.05, 0.1) is 6.33 Å². The quantitative estimate of drug-likeness (QED) is 0.242. The summed E-state index contributed by atoms with van der Waals surface area (Å²) in [6.45, 7) is 4.36. The Hall–Kier alpha value is -4.15. The molecule has 42 heavy (non-hydrogen) atoms. The van der Waals surface area contributed by atoms with Gasteiger partial charge in [0.2, 0.25) is 0 Å². The number of carboxylic acids is 1. The first kappa shape index (κ1) is 29.3. The molecule has 2 aliphatic rings. The zero-order chi connectivity index (χ0) is 29.7. The van der Waals surface area contributed by atoms with Crippen LogP contribution in [-0.2, 0) is 20.1 Å². The zero-order valence-electron chi connectivity index (χ0n) is 23.1. The lowest BCUT2D eigenvalue weighted by atomic mass is 10.0. The van der Waals surface area contributed by atoms with Crippen LogP contribution >= 0.6 is 0 Å². The highest BCUT2D eigenvalue weighted by Crippen LogP contribution is 2.52. The molecule has 7 nitrogen and oxygen atoms in total. The number of likely N-dealkylation sites (tertiary alicyclic amines) is 1. The Labute approximate surface area is 242 Å². The summed E-state index contributed by atoms with van der Waals surface area (Å²) in [7, 11) is 1.72. The second-order valence-electron chi connectivity index (χ2n) is 10.7. The number of nitrogens with zero attached hydrogens (tertiary/aromatic N) is 4. The maximum Gasteiger partial charge on any atom is 0.573 e. The van der Waals surface area contributed by atoms with Gasteiger partial charge in [-0.25, -0.2) is 9.78 Å². The maximum atomic E-state index is 12.4. The number of piperidine rings is 1. The minimum absolute atomic E-state index is 0.0810. The van der Waals surface area contributed by atoms with Crippen LogP contribution in [0.2, 0.25) is 0 Å². The number of rotatable bonds is 9. The molecule has 0 bridgehead atoms. The van der Waals surface area contributed by atoms with Gasteiger partial charge in [-0.15, -0.1) is 26.3 Å². The molecule has 1 saturated heterocycles. The standard InChI is InChI=1S/C27H26F3N2O.C5H6N2O2/c28-27(29,30)33-23-8-4-5-20(13-23)14-31-15-24-25-17-32(18-26(24)25)16-19-9-11-22(12-10-19)21-6-2-1-3-7-21;1-7-2-4(5(8)9)6-3-7/h1-13,24-26H,14-18H2;2-3H,1H3,(H,8,9)/q-1;. The first-order valence-electron chi connectivity index (χ1n) is 13.7. The lowest BCUT2D eigenvalue weighted by Crippen LogP contribution is -2.24. The molecule has 1 aliphatic carbocycles. The van der Waals surface area contributed by atoms with Gasteiger partial charge < -0.3 is 19.7 Å². The van der Waals surface area contributed by atoms with Gasteiger partial charge in [0.15, 0.2) is 5.69 Å². The third-order valence-corrected chi connectivity index (χ3v) is 7.60.